The van der Waals surface area contributed by atoms with Crippen LogP contribution < -0.4 is 21.7 Å². The fourth-order valence-corrected chi connectivity index (χ4v) is 3.76. The van der Waals surface area contributed by atoms with Gasteiger partial charge in [-0.2, -0.15) is 0 Å². The number of amides is 1. The van der Waals surface area contributed by atoms with Crippen LogP contribution in [-0.4, -0.2) is 33.1 Å². The fraction of sp³-hybridized carbons (Fsp3) is 0.0417. The first kappa shape index (κ1) is 22.8. The molecular formula is C24H23N8OP. The summed E-state index contributed by atoms with van der Waals surface area (Å²) in [6, 6.07) is 16.6. The normalized spacial score (nSPS) is 11.3. The van der Waals surface area contributed by atoms with Crippen LogP contribution in [0.5, 0.6) is 0 Å². The van der Waals surface area contributed by atoms with Crippen LogP contribution in [-0.2, 0) is 4.79 Å². The summed E-state index contributed by atoms with van der Waals surface area (Å²) >= 11 is 0. The topological polar surface area (TPSA) is 146 Å². The third kappa shape index (κ3) is 4.42. The quantitative estimate of drug-likeness (QED) is 0.121. The first-order valence-electron chi connectivity index (χ1n) is 10.3. The minimum Gasteiger partial charge on any atom is -0.398 e. The average molecular weight is 470 g/mol. The van der Waals surface area contributed by atoms with Gasteiger partial charge in [-0.25, -0.2) is 9.67 Å². The van der Waals surface area contributed by atoms with E-state index in [2.05, 4.69) is 24.9 Å². The summed E-state index contributed by atoms with van der Waals surface area (Å²) in [5.74, 6) is 1.06. The number of allylic oxidation sites excluding steroid dienone is 1. The highest BCUT2D eigenvalue weighted by Gasteiger charge is 2.15. The summed E-state index contributed by atoms with van der Waals surface area (Å²) in [5, 5.41) is 27.5. The van der Waals surface area contributed by atoms with E-state index in [0.717, 1.165) is 28.1 Å². The maximum atomic E-state index is 12.3. The zero-order valence-corrected chi connectivity index (χ0v) is 19.5. The maximum absolute atomic E-state index is 12.3. The van der Waals surface area contributed by atoms with Gasteiger partial charge in [-0.15, -0.1) is 14.3 Å². The van der Waals surface area contributed by atoms with Crippen LogP contribution in [0, 0.1) is 10.8 Å². The van der Waals surface area contributed by atoms with Crippen molar-refractivity contribution >= 4 is 66.8 Å². The Hall–Kier alpha value is -4.36. The van der Waals surface area contributed by atoms with Gasteiger partial charge >= 0.3 is 0 Å². The Kier molecular flexibility index (Phi) is 6.47. The van der Waals surface area contributed by atoms with Crippen LogP contribution in [0.4, 0.5) is 23.0 Å². The number of carbonyl (C=O) groups is 1. The molecule has 0 aliphatic rings. The van der Waals surface area contributed by atoms with Crippen molar-refractivity contribution in [2.24, 2.45) is 0 Å². The van der Waals surface area contributed by atoms with Crippen molar-refractivity contribution in [3.63, 3.8) is 0 Å². The van der Waals surface area contributed by atoms with Crippen molar-refractivity contribution in [2.75, 3.05) is 16.4 Å². The number of hydrogen-bond donors (Lipinski definition) is 5. The number of nitrogens with two attached hydrogens (primary N) is 1. The summed E-state index contributed by atoms with van der Waals surface area (Å²) in [6.07, 6.45) is 3.77. The molecule has 1 atom stereocenters. The molecule has 0 spiro atoms. The smallest absolute Gasteiger partial charge is 0.258 e. The standard InChI is InChI=1S/C24H23N8OP/c1-2-14(12-25)24(33)30-21-8-5-9-22(29-21)32-19-7-4-3-6-16(19)23(31-32)28-18-10-15(13-26)17(27)11-20(18)34/h2-13,25-26H,27,34H2,1H3,(H,28,31)(H,29,30,33)/b14-2+,25-12?,26-13?. The van der Waals surface area contributed by atoms with Crippen molar-refractivity contribution in [3.8, 4) is 5.82 Å². The molecule has 10 heteroatoms. The summed E-state index contributed by atoms with van der Waals surface area (Å²) in [6.45, 7) is 1.69. The number of nitrogen functional groups attached to an aromatic ring is 1. The van der Waals surface area contributed by atoms with Gasteiger partial charge in [0.05, 0.1) is 11.1 Å². The summed E-state index contributed by atoms with van der Waals surface area (Å²) in [7, 11) is 2.64. The largest absolute Gasteiger partial charge is 0.398 e. The summed E-state index contributed by atoms with van der Waals surface area (Å²) in [4.78, 5) is 16.9. The van der Waals surface area contributed by atoms with Crippen molar-refractivity contribution < 1.29 is 4.79 Å². The SMILES string of the molecule is C/C=C(\C=N)C(=O)Nc1cccc(-n2nc(Nc3cc(C=N)c(N)cc3P)c3ccccc32)n1. The van der Waals surface area contributed by atoms with Crippen LogP contribution >= 0.6 is 9.24 Å². The average Bonchev–Trinajstić information content (AvgIpc) is 3.20. The van der Waals surface area contributed by atoms with E-state index < -0.39 is 5.91 Å². The number of benzene rings is 2. The van der Waals surface area contributed by atoms with Gasteiger partial charge in [0.1, 0.15) is 5.82 Å². The third-order valence-corrected chi connectivity index (χ3v) is 5.65. The van der Waals surface area contributed by atoms with Crippen LogP contribution in [0.1, 0.15) is 12.5 Å². The third-order valence-electron chi connectivity index (χ3n) is 5.17. The Bertz CT molecular complexity index is 1460. The minimum absolute atomic E-state index is 0.240. The lowest BCUT2D eigenvalue weighted by atomic mass is 10.1. The Morgan fingerprint density at radius 3 is 2.68 bits per heavy atom. The van der Waals surface area contributed by atoms with E-state index >= 15 is 0 Å². The number of fused-ring (bicyclic) bond motifs is 1. The van der Waals surface area contributed by atoms with Crippen LogP contribution in [0.3, 0.4) is 0 Å². The van der Waals surface area contributed by atoms with Gasteiger partial charge in [-0.3, -0.25) is 4.79 Å². The van der Waals surface area contributed by atoms with Crippen molar-refractivity contribution in [2.45, 2.75) is 6.92 Å². The molecule has 0 fully saturated rings. The minimum atomic E-state index is -0.409. The monoisotopic (exact) mass is 470 g/mol. The highest BCUT2D eigenvalue weighted by molar-refractivity contribution is 7.28. The molecule has 4 aromatic rings. The zero-order chi connectivity index (χ0) is 24.2. The molecule has 1 unspecified atom stereocenters. The maximum Gasteiger partial charge on any atom is 0.258 e. The molecular weight excluding hydrogens is 447 g/mol. The van der Waals surface area contributed by atoms with E-state index in [9.17, 15) is 4.79 Å². The fourth-order valence-electron chi connectivity index (χ4n) is 3.42. The second kappa shape index (κ2) is 9.64. The van der Waals surface area contributed by atoms with Crippen molar-refractivity contribution in [1.29, 1.82) is 10.8 Å². The first-order chi connectivity index (χ1) is 16.4. The van der Waals surface area contributed by atoms with E-state index in [1.807, 2.05) is 24.3 Å². The molecule has 1 amide bonds. The van der Waals surface area contributed by atoms with Gasteiger partial charge in [0, 0.05) is 34.8 Å². The zero-order valence-electron chi connectivity index (χ0n) is 18.3. The summed E-state index contributed by atoms with van der Waals surface area (Å²) < 4.78 is 1.69. The van der Waals surface area contributed by atoms with Gasteiger partial charge in [0.25, 0.3) is 5.91 Å². The number of para-hydroxylation sites is 1. The number of rotatable bonds is 7. The molecule has 4 rings (SSSR count). The molecule has 2 aromatic heterocycles. The van der Waals surface area contributed by atoms with Crippen molar-refractivity contribution in [3.05, 3.63) is 71.8 Å². The van der Waals surface area contributed by atoms with E-state index in [1.54, 1.807) is 48.0 Å². The van der Waals surface area contributed by atoms with E-state index in [4.69, 9.17) is 21.7 Å². The predicted octanol–water partition coefficient (Wildman–Crippen LogP) is 3.78. The Morgan fingerprint density at radius 2 is 1.94 bits per heavy atom. The van der Waals surface area contributed by atoms with Crippen LogP contribution in [0.15, 0.2) is 66.2 Å². The molecule has 0 saturated heterocycles. The van der Waals surface area contributed by atoms with Crippen LogP contribution in [0.25, 0.3) is 16.7 Å². The predicted molar refractivity (Wildman–Crippen MR) is 141 cm³/mol. The molecule has 0 saturated carbocycles. The highest BCUT2D eigenvalue weighted by atomic mass is 31.0. The molecule has 0 aliphatic carbocycles. The molecule has 0 bridgehead atoms. The molecule has 9 nitrogen and oxygen atoms in total. The number of nitrogens with one attached hydrogen (secondary N) is 4. The van der Waals surface area contributed by atoms with Gasteiger partial charge in [-0.1, -0.05) is 24.3 Å². The number of hydrogen-bond acceptors (Lipinski definition) is 7. The van der Waals surface area contributed by atoms with Crippen molar-refractivity contribution in [1.82, 2.24) is 14.8 Å². The molecule has 0 radical (unpaired) electrons. The Morgan fingerprint density at radius 1 is 1.15 bits per heavy atom. The number of anilines is 4. The van der Waals surface area contributed by atoms with Gasteiger partial charge in [0.15, 0.2) is 11.6 Å². The number of pyridine rings is 1. The van der Waals surface area contributed by atoms with Gasteiger partial charge in [0.2, 0.25) is 0 Å². The van der Waals surface area contributed by atoms with E-state index in [0.29, 0.717) is 28.7 Å². The lowest BCUT2D eigenvalue weighted by molar-refractivity contribution is -0.112. The highest BCUT2D eigenvalue weighted by Crippen LogP contribution is 2.29. The van der Waals surface area contributed by atoms with Gasteiger partial charge < -0.3 is 27.2 Å². The first-order valence-corrected chi connectivity index (χ1v) is 10.9. The Balaban J connectivity index is 1.74. The van der Waals surface area contributed by atoms with Gasteiger partial charge in [-0.05, 0) is 48.6 Å². The van der Waals surface area contributed by atoms with Crippen LogP contribution in [0.2, 0.25) is 0 Å². The van der Waals surface area contributed by atoms with E-state index in [1.165, 1.54) is 6.21 Å². The molecule has 34 heavy (non-hydrogen) atoms. The Labute approximate surface area is 198 Å². The second-order valence-electron chi connectivity index (χ2n) is 7.34. The number of nitrogens with zero attached hydrogens (tertiary/aromatic N) is 3. The van der Waals surface area contributed by atoms with E-state index in [-0.39, 0.29) is 5.57 Å². The number of carbonyl (C=O) groups excluding carboxylic acids is 1. The molecule has 0 aliphatic heterocycles. The molecule has 2 heterocycles. The molecule has 170 valence electrons. The molecule has 6 N–H and O–H groups in total. The molecule has 2 aromatic carbocycles. The summed E-state index contributed by atoms with van der Waals surface area (Å²) in [5.41, 5.74) is 8.93. The number of aromatic nitrogens is 3. The second-order valence-corrected chi connectivity index (χ2v) is 7.96. The lowest BCUT2D eigenvalue weighted by Crippen LogP contribution is -2.16. The lowest BCUT2D eigenvalue weighted by Gasteiger charge is -2.10.